The number of ether oxygens (including phenoxy) is 2. The number of hydrogen-bond acceptors (Lipinski definition) is 2. The SMILES string of the molecule is COc1ccc2c(-c3ccc(C)cc3)c(-c3ccc(C)cc3)c3ccc(OC)cc3c2c1. The van der Waals surface area contributed by atoms with Crippen molar-refractivity contribution >= 4 is 21.5 Å². The summed E-state index contributed by atoms with van der Waals surface area (Å²) in [4.78, 5) is 0. The van der Waals surface area contributed by atoms with Gasteiger partial charge in [-0.25, -0.2) is 0 Å². The molecule has 0 radical (unpaired) electrons. The van der Waals surface area contributed by atoms with Crippen LogP contribution < -0.4 is 9.47 Å². The first-order valence-corrected chi connectivity index (χ1v) is 10.8. The molecular formula is C30H26O2. The first-order chi connectivity index (χ1) is 15.6. The Bertz CT molecular complexity index is 1320. The summed E-state index contributed by atoms with van der Waals surface area (Å²) in [5, 5.41) is 4.71. The van der Waals surface area contributed by atoms with E-state index in [-0.39, 0.29) is 0 Å². The van der Waals surface area contributed by atoms with Gasteiger partial charge >= 0.3 is 0 Å². The van der Waals surface area contributed by atoms with Crippen LogP contribution >= 0.6 is 0 Å². The standard InChI is InChI=1S/C30H26O2/c1-19-5-9-21(10-6-19)29-25-15-13-23(31-3)17-27(25)28-18-24(32-4)14-16-26(28)30(29)22-11-7-20(2)8-12-22/h5-18H,1-4H3. The van der Waals surface area contributed by atoms with Gasteiger partial charge in [0, 0.05) is 0 Å². The maximum atomic E-state index is 5.59. The fourth-order valence-electron chi connectivity index (χ4n) is 4.49. The number of aryl methyl sites for hydroxylation is 2. The first-order valence-electron chi connectivity index (χ1n) is 10.8. The Morgan fingerprint density at radius 2 is 0.812 bits per heavy atom. The Kier molecular flexibility index (Phi) is 5.07. The summed E-state index contributed by atoms with van der Waals surface area (Å²) in [6.07, 6.45) is 0. The molecule has 5 aromatic rings. The summed E-state index contributed by atoms with van der Waals surface area (Å²) in [6, 6.07) is 30.3. The van der Waals surface area contributed by atoms with E-state index < -0.39 is 0 Å². The van der Waals surface area contributed by atoms with Crippen molar-refractivity contribution in [2.75, 3.05) is 14.2 Å². The molecule has 5 rings (SSSR count). The van der Waals surface area contributed by atoms with Crippen molar-refractivity contribution in [1.82, 2.24) is 0 Å². The van der Waals surface area contributed by atoms with Crippen molar-refractivity contribution in [2.45, 2.75) is 13.8 Å². The molecule has 32 heavy (non-hydrogen) atoms. The van der Waals surface area contributed by atoms with E-state index in [9.17, 15) is 0 Å². The van der Waals surface area contributed by atoms with E-state index in [1.54, 1.807) is 14.2 Å². The zero-order valence-electron chi connectivity index (χ0n) is 18.9. The lowest BCUT2D eigenvalue weighted by Crippen LogP contribution is -1.94. The Labute approximate surface area is 189 Å². The Morgan fingerprint density at radius 1 is 0.438 bits per heavy atom. The Morgan fingerprint density at radius 3 is 1.16 bits per heavy atom. The molecule has 0 spiro atoms. The number of fused-ring (bicyclic) bond motifs is 3. The highest BCUT2D eigenvalue weighted by Gasteiger charge is 2.18. The van der Waals surface area contributed by atoms with E-state index in [4.69, 9.17) is 9.47 Å². The van der Waals surface area contributed by atoms with E-state index >= 15 is 0 Å². The van der Waals surface area contributed by atoms with Crippen LogP contribution in [-0.2, 0) is 0 Å². The van der Waals surface area contributed by atoms with Gasteiger partial charge in [0.2, 0.25) is 0 Å². The minimum Gasteiger partial charge on any atom is -0.497 e. The van der Waals surface area contributed by atoms with Crippen molar-refractivity contribution < 1.29 is 9.47 Å². The molecule has 2 nitrogen and oxygen atoms in total. The highest BCUT2D eigenvalue weighted by molar-refractivity contribution is 6.22. The maximum Gasteiger partial charge on any atom is 0.119 e. The van der Waals surface area contributed by atoms with E-state index in [1.165, 1.54) is 44.2 Å². The molecule has 0 saturated heterocycles. The van der Waals surface area contributed by atoms with Crippen LogP contribution in [0, 0.1) is 13.8 Å². The first kappa shape index (κ1) is 20.1. The summed E-state index contributed by atoms with van der Waals surface area (Å²) in [5.74, 6) is 1.69. The van der Waals surface area contributed by atoms with Gasteiger partial charge in [-0.2, -0.15) is 0 Å². The predicted octanol–water partition coefficient (Wildman–Crippen LogP) is 7.96. The topological polar surface area (TPSA) is 18.5 Å². The zero-order chi connectivity index (χ0) is 22.2. The second kappa shape index (κ2) is 8.05. The molecule has 0 atom stereocenters. The minimum absolute atomic E-state index is 0.847. The number of rotatable bonds is 4. The van der Waals surface area contributed by atoms with Gasteiger partial charge < -0.3 is 9.47 Å². The van der Waals surface area contributed by atoms with Crippen molar-refractivity contribution in [2.24, 2.45) is 0 Å². The predicted molar refractivity (Wildman–Crippen MR) is 135 cm³/mol. The summed E-state index contributed by atoms with van der Waals surface area (Å²) in [5.41, 5.74) is 7.40. The molecule has 0 unspecified atom stereocenters. The lowest BCUT2D eigenvalue weighted by molar-refractivity contribution is 0.415. The smallest absolute Gasteiger partial charge is 0.119 e. The second-order valence-electron chi connectivity index (χ2n) is 8.31. The summed E-state index contributed by atoms with van der Waals surface area (Å²) in [7, 11) is 3.43. The molecule has 0 N–H and O–H groups in total. The van der Waals surface area contributed by atoms with Crippen LogP contribution in [0.1, 0.15) is 11.1 Å². The van der Waals surface area contributed by atoms with Gasteiger partial charge in [0.1, 0.15) is 11.5 Å². The molecule has 0 fully saturated rings. The molecule has 0 aromatic heterocycles. The van der Waals surface area contributed by atoms with E-state index in [2.05, 4.69) is 86.6 Å². The Hall–Kier alpha value is -3.78. The van der Waals surface area contributed by atoms with Gasteiger partial charge in [-0.3, -0.25) is 0 Å². The van der Waals surface area contributed by atoms with Crippen LogP contribution in [0.15, 0.2) is 84.9 Å². The van der Waals surface area contributed by atoms with Crippen LogP contribution in [0.3, 0.4) is 0 Å². The normalized spacial score (nSPS) is 11.1. The third kappa shape index (κ3) is 3.38. The molecule has 5 aromatic carbocycles. The Balaban J connectivity index is 2.00. The van der Waals surface area contributed by atoms with Gasteiger partial charge in [0.25, 0.3) is 0 Å². The van der Waals surface area contributed by atoms with Crippen LogP contribution in [0.4, 0.5) is 0 Å². The van der Waals surface area contributed by atoms with Crippen LogP contribution in [-0.4, -0.2) is 14.2 Å². The molecule has 0 aliphatic carbocycles. The van der Waals surface area contributed by atoms with Gasteiger partial charge in [0.15, 0.2) is 0 Å². The van der Waals surface area contributed by atoms with Crippen LogP contribution in [0.25, 0.3) is 43.8 Å². The fraction of sp³-hybridized carbons (Fsp3) is 0.133. The molecule has 0 bridgehead atoms. The average Bonchev–Trinajstić information content (AvgIpc) is 2.84. The van der Waals surface area contributed by atoms with Crippen molar-refractivity contribution in [1.29, 1.82) is 0 Å². The molecule has 0 amide bonds. The fourth-order valence-corrected chi connectivity index (χ4v) is 4.49. The summed E-state index contributed by atoms with van der Waals surface area (Å²) < 4.78 is 11.2. The lowest BCUT2D eigenvalue weighted by Gasteiger charge is -2.20. The molecule has 0 aliphatic rings. The largest absolute Gasteiger partial charge is 0.497 e. The monoisotopic (exact) mass is 418 g/mol. The molecule has 158 valence electrons. The number of hydrogen-bond donors (Lipinski definition) is 0. The summed E-state index contributed by atoms with van der Waals surface area (Å²) in [6.45, 7) is 4.25. The van der Waals surface area contributed by atoms with E-state index in [0.29, 0.717) is 0 Å². The van der Waals surface area contributed by atoms with Crippen molar-refractivity contribution in [3.8, 4) is 33.8 Å². The average molecular weight is 419 g/mol. The molecule has 0 heterocycles. The van der Waals surface area contributed by atoms with Gasteiger partial charge in [-0.05, 0) is 81.9 Å². The molecular weight excluding hydrogens is 392 g/mol. The maximum absolute atomic E-state index is 5.59. The second-order valence-corrected chi connectivity index (χ2v) is 8.31. The van der Waals surface area contributed by atoms with Crippen LogP contribution in [0.2, 0.25) is 0 Å². The number of benzene rings is 5. The summed E-state index contributed by atoms with van der Waals surface area (Å²) >= 11 is 0. The van der Waals surface area contributed by atoms with Crippen molar-refractivity contribution in [3.05, 3.63) is 96.1 Å². The van der Waals surface area contributed by atoms with Crippen molar-refractivity contribution in [3.63, 3.8) is 0 Å². The molecule has 2 heteroatoms. The van der Waals surface area contributed by atoms with Crippen LogP contribution in [0.5, 0.6) is 11.5 Å². The highest BCUT2D eigenvalue weighted by atomic mass is 16.5. The van der Waals surface area contributed by atoms with E-state index in [1.807, 2.05) is 12.1 Å². The minimum atomic E-state index is 0.847. The molecule has 0 saturated carbocycles. The zero-order valence-corrected chi connectivity index (χ0v) is 18.9. The third-order valence-electron chi connectivity index (χ3n) is 6.21. The highest BCUT2D eigenvalue weighted by Crippen LogP contribution is 2.46. The third-order valence-corrected chi connectivity index (χ3v) is 6.21. The van der Waals surface area contributed by atoms with E-state index in [0.717, 1.165) is 22.3 Å². The van der Waals surface area contributed by atoms with Gasteiger partial charge in [0.05, 0.1) is 14.2 Å². The molecule has 0 aliphatic heterocycles. The van der Waals surface area contributed by atoms with Gasteiger partial charge in [-0.1, -0.05) is 71.8 Å². The lowest BCUT2D eigenvalue weighted by atomic mass is 9.84. The quantitative estimate of drug-likeness (QED) is 0.276. The number of methoxy groups -OCH3 is 2. The van der Waals surface area contributed by atoms with Gasteiger partial charge in [-0.15, -0.1) is 0 Å².